The minimum absolute atomic E-state index is 0.0122. The van der Waals surface area contributed by atoms with Crippen LogP contribution in [0.4, 0.5) is 14.5 Å². The number of nitrogens with zero attached hydrogens (tertiary/aromatic N) is 3. The molecule has 0 unspecified atom stereocenters. The summed E-state index contributed by atoms with van der Waals surface area (Å²) in [5.41, 5.74) is 2.49. The molecule has 0 spiro atoms. The van der Waals surface area contributed by atoms with E-state index in [0.717, 1.165) is 5.56 Å². The molecule has 0 aliphatic heterocycles. The van der Waals surface area contributed by atoms with Gasteiger partial charge in [0.25, 0.3) is 5.91 Å². The fourth-order valence-electron chi connectivity index (χ4n) is 3.45. The van der Waals surface area contributed by atoms with E-state index in [9.17, 15) is 18.4 Å². The number of rotatable bonds is 8. The summed E-state index contributed by atoms with van der Waals surface area (Å²) in [5, 5.41) is 7.41. The van der Waals surface area contributed by atoms with Gasteiger partial charge in [-0.05, 0) is 44.2 Å². The summed E-state index contributed by atoms with van der Waals surface area (Å²) in [6.45, 7) is 0.427. The highest BCUT2D eigenvalue weighted by Crippen LogP contribution is 2.27. The zero-order valence-electron chi connectivity index (χ0n) is 18.9. The van der Waals surface area contributed by atoms with E-state index < -0.39 is 25.1 Å². The Kier molecular flexibility index (Phi) is 7.00. The fraction of sp³-hybridized carbons (Fsp3) is 0.200. The van der Waals surface area contributed by atoms with Crippen LogP contribution >= 0.6 is 0 Å². The molecule has 0 fully saturated rings. The summed E-state index contributed by atoms with van der Waals surface area (Å²) in [4.78, 5) is 30.0. The van der Waals surface area contributed by atoms with Gasteiger partial charge < -0.3 is 14.8 Å². The van der Waals surface area contributed by atoms with Gasteiger partial charge in [0.05, 0.1) is 22.8 Å². The SMILES string of the molecule is CC(C)n1ncc2c(C(=O)OCC(=O)Nc3ccc(OC(F)F)cc3)cc(-c3ccccc3)nc21. The van der Waals surface area contributed by atoms with Crippen LogP contribution in [0.5, 0.6) is 5.75 Å². The maximum Gasteiger partial charge on any atom is 0.387 e. The number of pyridine rings is 1. The van der Waals surface area contributed by atoms with Gasteiger partial charge >= 0.3 is 12.6 Å². The summed E-state index contributed by atoms with van der Waals surface area (Å²) >= 11 is 0. The van der Waals surface area contributed by atoms with Crippen molar-refractivity contribution in [3.8, 4) is 17.0 Å². The minimum Gasteiger partial charge on any atom is -0.452 e. The molecule has 0 saturated heterocycles. The molecule has 2 aromatic carbocycles. The molecule has 0 aliphatic carbocycles. The third kappa shape index (κ3) is 5.60. The first-order chi connectivity index (χ1) is 16.8. The van der Waals surface area contributed by atoms with E-state index in [0.29, 0.717) is 22.4 Å². The first kappa shape index (κ1) is 23.8. The van der Waals surface area contributed by atoms with Gasteiger partial charge in [0.2, 0.25) is 0 Å². The summed E-state index contributed by atoms with van der Waals surface area (Å²) < 4.78 is 35.8. The van der Waals surface area contributed by atoms with Crippen molar-refractivity contribution in [3.63, 3.8) is 0 Å². The van der Waals surface area contributed by atoms with E-state index in [1.165, 1.54) is 24.3 Å². The maximum absolute atomic E-state index is 13.0. The second-order valence-electron chi connectivity index (χ2n) is 7.87. The molecular weight excluding hydrogens is 458 g/mol. The molecule has 0 atom stereocenters. The number of nitrogens with one attached hydrogen (secondary N) is 1. The summed E-state index contributed by atoms with van der Waals surface area (Å²) in [5.74, 6) is -1.33. The Labute approximate surface area is 199 Å². The van der Waals surface area contributed by atoms with Crippen molar-refractivity contribution in [2.24, 2.45) is 0 Å². The van der Waals surface area contributed by atoms with Gasteiger partial charge in [-0.25, -0.2) is 14.5 Å². The number of ether oxygens (including phenoxy) is 2. The standard InChI is InChI=1S/C25H22F2N4O4/c1-15(2)31-23-20(13-28-31)19(12-21(30-23)16-6-4-3-5-7-16)24(33)34-14-22(32)29-17-8-10-18(11-9-17)35-25(26)27/h3-13,15,25H,14H2,1-2H3,(H,29,32). The highest BCUT2D eigenvalue weighted by Gasteiger charge is 2.20. The Morgan fingerprint density at radius 1 is 1.06 bits per heavy atom. The second-order valence-corrected chi connectivity index (χ2v) is 7.87. The van der Waals surface area contributed by atoms with Crippen LogP contribution in [-0.4, -0.2) is 39.9 Å². The predicted molar refractivity (Wildman–Crippen MR) is 125 cm³/mol. The molecule has 0 bridgehead atoms. The molecule has 2 aromatic heterocycles. The average Bonchev–Trinajstić information content (AvgIpc) is 3.28. The van der Waals surface area contributed by atoms with Crippen LogP contribution in [0.3, 0.4) is 0 Å². The molecule has 2 heterocycles. The second kappa shape index (κ2) is 10.3. The van der Waals surface area contributed by atoms with Crippen LogP contribution in [0.1, 0.15) is 30.2 Å². The zero-order valence-corrected chi connectivity index (χ0v) is 18.9. The average molecular weight is 480 g/mol. The Morgan fingerprint density at radius 2 is 1.77 bits per heavy atom. The molecule has 4 aromatic rings. The Hall–Kier alpha value is -4.34. The molecule has 8 nitrogen and oxygen atoms in total. The van der Waals surface area contributed by atoms with Crippen LogP contribution in [-0.2, 0) is 9.53 Å². The number of carbonyl (C=O) groups excluding carboxylic acids is 2. The number of alkyl halides is 2. The number of fused-ring (bicyclic) bond motifs is 1. The highest BCUT2D eigenvalue weighted by molar-refractivity contribution is 6.04. The lowest BCUT2D eigenvalue weighted by molar-refractivity contribution is -0.119. The van der Waals surface area contributed by atoms with Gasteiger partial charge in [0, 0.05) is 17.3 Å². The monoisotopic (exact) mass is 480 g/mol. The Morgan fingerprint density at radius 3 is 2.43 bits per heavy atom. The topological polar surface area (TPSA) is 95.3 Å². The van der Waals surface area contributed by atoms with E-state index in [2.05, 4.69) is 15.2 Å². The van der Waals surface area contributed by atoms with Gasteiger partial charge in [0.15, 0.2) is 12.3 Å². The van der Waals surface area contributed by atoms with E-state index in [4.69, 9.17) is 9.72 Å². The number of benzene rings is 2. The van der Waals surface area contributed by atoms with Crippen molar-refractivity contribution in [2.75, 3.05) is 11.9 Å². The minimum atomic E-state index is -2.94. The number of hydrogen-bond acceptors (Lipinski definition) is 6. The highest BCUT2D eigenvalue weighted by atomic mass is 19.3. The van der Waals surface area contributed by atoms with Crippen molar-refractivity contribution in [3.05, 3.63) is 72.4 Å². The van der Waals surface area contributed by atoms with Crippen molar-refractivity contribution in [1.82, 2.24) is 14.8 Å². The molecule has 1 N–H and O–H groups in total. The molecule has 4 rings (SSSR count). The molecule has 0 aliphatic rings. The van der Waals surface area contributed by atoms with Crippen molar-refractivity contribution < 1.29 is 27.8 Å². The number of anilines is 1. The molecule has 10 heteroatoms. The number of halogens is 2. The first-order valence-corrected chi connectivity index (χ1v) is 10.8. The number of esters is 1. The van der Waals surface area contributed by atoms with E-state index >= 15 is 0 Å². The summed E-state index contributed by atoms with van der Waals surface area (Å²) in [7, 11) is 0. The van der Waals surface area contributed by atoms with Crippen LogP contribution in [0.25, 0.3) is 22.3 Å². The van der Waals surface area contributed by atoms with Crippen LogP contribution in [0, 0.1) is 0 Å². The zero-order chi connectivity index (χ0) is 24.9. The molecule has 180 valence electrons. The van der Waals surface area contributed by atoms with E-state index in [1.807, 2.05) is 44.2 Å². The van der Waals surface area contributed by atoms with Gasteiger partial charge in [0.1, 0.15) is 5.75 Å². The van der Waals surface area contributed by atoms with E-state index in [1.54, 1.807) is 16.9 Å². The summed E-state index contributed by atoms with van der Waals surface area (Å²) in [6.07, 6.45) is 1.55. The van der Waals surface area contributed by atoms with Gasteiger partial charge in [-0.2, -0.15) is 13.9 Å². The van der Waals surface area contributed by atoms with Crippen molar-refractivity contribution >= 4 is 28.6 Å². The molecule has 35 heavy (non-hydrogen) atoms. The fourth-order valence-corrected chi connectivity index (χ4v) is 3.45. The Balaban J connectivity index is 1.51. The third-order valence-electron chi connectivity index (χ3n) is 5.04. The first-order valence-electron chi connectivity index (χ1n) is 10.8. The van der Waals surface area contributed by atoms with Crippen LogP contribution < -0.4 is 10.1 Å². The van der Waals surface area contributed by atoms with Gasteiger partial charge in [-0.1, -0.05) is 30.3 Å². The lowest BCUT2D eigenvalue weighted by atomic mass is 10.1. The number of hydrogen-bond donors (Lipinski definition) is 1. The molecular formula is C25H22F2N4O4. The van der Waals surface area contributed by atoms with Gasteiger partial charge in [-0.15, -0.1) is 0 Å². The van der Waals surface area contributed by atoms with E-state index in [-0.39, 0.29) is 17.4 Å². The number of carbonyl (C=O) groups is 2. The molecule has 0 radical (unpaired) electrons. The van der Waals surface area contributed by atoms with Crippen LogP contribution in [0.2, 0.25) is 0 Å². The molecule has 1 amide bonds. The van der Waals surface area contributed by atoms with Crippen molar-refractivity contribution in [2.45, 2.75) is 26.5 Å². The van der Waals surface area contributed by atoms with Crippen LogP contribution in [0.15, 0.2) is 66.9 Å². The third-order valence-corrected chi connectivity index (χ3v) is 5.04. The smallest absolute Gasteiger partial charge is 0.387 e. The van der Waals surface area contributed by atoms with Crippen molar-refractivity contribution in [1.29, 1.82) is 0 Å². The maximum atomic E-state index is 13.0. The summed E-state index contributed by atoms with van der Waals surface area (Å²) in [6, 6.07) is 16.4. The largest absolute Gasteiger partial charge is 0.452 e. The normalized spacial score (nSPS) is 11.1. The lowest BCUT2D eigenvalue weighted by Gasteiger charge is -2.11. The Bertz CT molecular complexity index is 1340. The molecule has 0 saturated carbocycles. The number of aromatic nitrogens is 3. The predicted octanol–water partition coefficient (Wildman–Crippen LogP) is 5.08. The lowest BCUT2D eigenvalue weighted by Crippen LogP contribution is -2.21. The number of amides is 1. The van der Waals surface area contributed by atoms with Gasteiger partial charge in [-0.3, -0.25) is 4.79 Å². The quantitative estimate of drug-likeness (QED) is 0.354.